The highest BCUT2D eigenvalue weighted by Gasteiger charge is 2.07. The van der Waals surface area contributed by atoms with E-state index in [9.17, 15) is 4.79 Å². The fourth-order valence-electron chi connectivity index (χ4n) is 0.735. The third-order valence-corrected chi connectivity index (χ3v) is 1.68. The molecule has 0 fully saturated rings. The second-order valence-corrected chi connectivity index (χ2v) is 2.69. The van der Waals surface area contributed by atoms with Gasteiger partial charge in [0.05, 0.1) is 18.9 Å². The van der Waals surface area contributed by atoms with Crippen LogP contribution in [0.1, 0.15) is 13.3 Å². The summed E-state index contributed by atoms with van der Waals surface area (Å²) in [4.78, 5) is 11.2. The first-order valence-corrected chi connectivity index (χ1v) is 4.40. The molecule has 0 radical (unpaired) electrons. The van der Waals surface area contributed by atoms with E-state index in [1.807, 2.05) is 6.92 Å². The average molecular weight is 186 g/mol. The van der Waals surface area contributed by atoms with Gasteiger partial charge >= 0.3 is 0 Å². The van der Waals surface area contributed by atoms with Crippen molar-refractivity contribution in [3.8, 4) is 0 Å². The van der Waals surface area contributed by atoms with Crippen LogP contribution in [-0.2, 0) is 9.53 Å². The van der Waals surface area contributed by atoms with Gasteiger partial charge in [0.2, 0.25) is 5.91 Å². The summed E-state index contributed by atoms with van der Waals surface area (Å²) in [5.74, 6) is 0.0149. The molecule has 1 atom stereocenters. The van der Waals surface area contributed by atoms with E-state index < -0.39 is 0 Å². The van der Waals surface area contributed by atoms with Crippen LogP contribution >= 0.6 is 0 Å². The predicted molar refractivity (Wildman–Crippen MR) is 52.3 cm³/mol. The fraction of sp³-hybridized carbons (Fsp3) is 0.667. The van der Waals surface area contributed by atoms with Gasteiger partial charge in [-0.2, -0.15) is 0 Å². The Balaban J connectivity index is 3.31. The summed E-state index contributed by atoms with van der Waals surface area (Å²) in [6.07, 6.45) is 2.20. The number of nitrogens with one attached hydrogen (secondary N) is 2. The zero-order chi connectivity index (χ0) is 10.1. The van der Waals surface area contributed by atoms with E-state index in [2.05, 4.69) is 17.2 Å². The average Bonchev–Trinajstić information content (AvgIpc) is 2.16. The van der Waals surface area contributed by atoms with Crippen LogP contribution in [0.3, 0.4) is 0 Å². The minimum absolute atomic E-state index is 0.0149. The second kappa shape index (κ2) is 7.61. The standard InChI is InChI=1S/C9H18N2O2/c1-4-13-7-5-6-11-9(12)8(2)10-3/h4,8,10H,1,5-7H2,2-3H3,(H,11,12). The van der Waals surface area contributed by atoms with E-state index in [-0.39, 0.29) is 11.9 Å². The summed E-state index contributed by atoms with van der Waals surface area (Å²) in [6, 6.07) is -0.139. The minimum Gasteiger partial charge on any atom is -0.502 e. The summed E-state index contributed by atoms with van der Waals surface area (Å²) in [6.45, 7) is 6.46. The summed E-state index contributed by atoms with van der Waals surface area (Å²) in [5.41, 5.74) is 0. The molecule has 0 spiro atoms. The monoisotopic (exact) mass is 186 g/mol. The van der Waals surface area contributed by atoms with Crippen molar-refractivity contribution in [2.45, 2.75) is 19.4 Å². The van der Waals surface area contributed by atoms with Crippen LogP contribution in [0.25, 0.3) is 0 Å². The molecule has 0 aromatic rings. The van der Waals surface area contributed by atoms with Crippen molar-refractivity contribution in [3.05, 3.63) is 12.8 Å². The van der Waals surface area contributed by atoms with Gasteiger partial charge in [0.1, 0.15) is 0 Å². The molecule has 0 rings (SSSR count). The van der Waals surface area contributed by atoms with Gasteiger partial charge in [-0.05, 0) is 20.4 Å². The minimum atomic E-state index is -0.139. The molecule has 0 bridgehead atoms. The third kappa shape index (κ3) is 6.16. The Labute approximate surface area is 79.3 Å². The number of likely N-dealkylation sites (N-methyl/N-ethyl adjacent to an activating group) is 1. The lowest BCUT2D eigenvalue weighted by Gasteiger charge is -2.10. The van der Waals surface area contributed by atoms with Gasteiger partial charge in [0.15, 0.2) is 0 Å². The molecule has 13 heavy (non-hydrogen) atoms. The Kier molecular flexibility index (Phi) is 7.01. The number of carbonyl (C=O) groups is 1. The molecule has 2 N–H and O–H groups in total. The molecule has 0 aliphatic rings. The molecule has 0 aliphatic heterocycles. The predicted octanol–water partition coefficient (Wildman–Crippen LogP) is 0.261. The van der Waals surface area contributed by atoms with E-state index >= 15 is 0 Å². The van der Waals surface area contributed by atoms with E-state index in [4.69, 9.17) is 4.74 Å². The molecule has 0 aromatic heterocycles. The zero-order valence-electron chi connectivity index (χ0n) is 8.30. The first kappa shape index (κ1) is 12.0. The van der Waals surface area contributed by atoms with Gasteiger partial charge in [-0.1, -0.05) is 6.58 Å². The number of amides is 1. The van der Waals surface area contributed by atoms with Crippen LogP contribution in [0.4, 0.5) is 0 Å². The largest absolute Gasteiger partial charge is 0.502 e. The summed E-state index contributed by atoms with van der Waals surface area (Å²) < 4.78 is 4.90. The number of rotatable bonds is 7. The molecule has 0 aliphatic carbocycles. The highest BCUT2D eigenvalue weighted by molar-refractivity contribution is 5.81. The van der Waals surface area contributed by atoms with Crippen molar-refractivity contribution in [3.63, 3.8) is 0 Å². The summed E-state index contributed by atoms with van der Waals surface area (Å²) in [7, 11) is 1.76. The summed E-state index contributed by atoms with van der Waals surface area (Å²) >= 11 is 0. The van der Waals surface area contributed by atoms with E-state index in [1.54, 1.807) is 7.05 Å². The number of hydrogen-bond donors (Lipinski definition) is 2. The van der Waals surface area contributed by atoms with Gasteiger partial charge in [-0.15, -0.1) is 0 Å². The molecule has 0 saturated heterocycles. The normalized spacial score (nSPS) is 11.8. The Bertz CT molecular complexity index is 160. The fourth-order valence-corrected chi connectivity index (χ4v) is 0.735. The number of hydrogen-bond acceptors (Lipinski definition) is 3. The lowest BCUT2D eigenvalue weighted by Crippen LogP contribution is -2.40. The molecular formula is C9H18N2O2. The maximum absolute atomic E-state index is 11.2. The van der Waals surface area contributed by atoms with Crippen molar-refractivity contribution < 1.29 is 9.53 Å². The Morgan fingerprint density at radius 1 is 1.69 bits per heavy atom. The second-order valence-electron chi connectivity index (χ2n) is 2.69. The van der Waals surface area contributed by atoms with Crippen LogP contribution in [0.2, 0.25) is 0 Å². The van der Waals surface area contributed by atoms with Crippen LogP contribution < -0.4 is 10.6 Å². The van der Waals surface area contributed by atoms with Crippen molar-refractivity contribution in [2.75, 3.05) is 20.2 Å². The lowest BCUT2D eigenvalue weighted by molar-refractivity contribution is -0.122. The van der Waals surface area contributed by atoms with Gasteiger partial charge in [0, 0.05) is 6.54 Å². The molecule has 76 valence electrons. The quantitative estimate of drug-likeness (QED) is 0.443. The molecule has 0 saturated carbocycles. The first-order valence-electron chi connectivity index (χ1n) is 4.40. The Morgan fingerprint density at radius 2 is 2.38 bits per heavy atom. The molecule has 1 amide bonds. The van der Waals surface area contributed by atoms with Gasteiger partial charge in [0.25, 0.3) is 0 Å². The van der Waals surface area contributed by atoms with E-state index in [1.165, 1.54) is 6.26 Å². The number of carbonyl (C=O) groups excluding carboxylic acids is 1. The van der Waals surface area contributed by atoms with Crippen LogP contribution in [0.5, 0.6) is 0 Å². The molecular weight excluding hydrogens is 168 g/mol. The van der Waals surface area contributed by atoms with Crippen molar-refractivity contribution in [1.82, 2.24) is 10.6 Å². The van der Waals surface area contributed by atoms with Crippen molar-refractivity contribution >= 4 is 5.91 Å². The van der Waals surface area contributed by atoms with Crippen LogP contribution in [0.15, 0.2) is 12.8 Å². The Hall–Kier alpha value is -1.03. The highest BCUT2D eigenvalue weighted by Crippen LogP contribution is 1.83. The molecule has 0 aromatic carbocycles. The van der Waals surface area contributed by atoms with E-state index in [0.29, 0.717) is 13.2 Å². The van der Waals surface area contributed by atoms with Crippen molar-refractivity contribution in [1.29, 1.82) is 0 Å². The number of ether oxygens (including phenoxy) is 1. The SMILES string of the molecule is C=COCCCNC(=O)C(C)NC. The lowest BCUT2D eigenvalue weighted by atomic mass is 10.3. The van der Waals surface area contributed by atoms with Gasteiger partial charge < -0.3 is 15.4 Å². The Morgan fingerprint density at radius 3 is 2.92 bits per heavy atom. The smallest absolute Gasteiger partial charge is 0.236 e. The van der Waals surface area contributed by atoms with Crippen LogP contribution in [0, 0.1) is 0 Å². The summed E-state index contributed by atoms with van der Waals surface area (Å²) in [5, 5.41) is 5.63. The van der Waals surface area contributed by atoms with Crippen molar-refractivity contribution in [2.24, 2.45) is 0 Å². The third-order valence-electron chi connectivity index (χ3n) is 1.68. The molecule has 0 heterocycles. The maximum Gasteiger partial charge on any atom is 0.236 e. The maximum atomic E-state index is 11.2. The molecule has 4 heteroatoms. The molecule has 4 nitrogen and oxygen atoms in total. The highest BCUT2D eigenvalue weighted by atomic mass is 16.5. The van der Waals surface area contributed by atoms with E-state index in [0.717, 1.165) is 6.42 Å². The van der Waals surface area contributed by atoms with Gasteiger partial charge in [-0.3, -0.25) is 4.79 Å². The first-order chi connectivity index (χ1) is 6.22. The van der Waals surface area contributed by atoms with Crippen LogP contribution in [-0.4, -0.2) is 32.1 Å². The topological polar surface area (TPSA) is 50.4 Å². The zero-order valence-corrected chi connectivity index (χ0v) is 8.30. The van der Waals surface area contributed by atoms with Gasteiger partial charge in [-0.25, -0.2) is 0 Å². The molecule has 1 unspecified atom stereocenters.